The molecule has 0 radical (unpaired) electrons. The molecule has 0 saturated heterocycles. The Labute approximate surface area is 153 Å². The molecular formula is C19H17N5O3. The van der Waals surface area contributed by atoms with Crippen molar-refractivity contribution in [3.63, 3.8) is 0 Å². The van der Waals surface area contributed by atoms with Crippen LogP contribution in [0.15, 0.2) is 54.6 Å². The number of aromatic amines is 2. The van der Waals surface area contributed by atoms with Gasteiger partial charge < -0.3 is 20.4 Å². The van der Waals surface area contributed by atoms with Crippen LogP contribution in [0.1, 0.15) is 10.5 Å². The average molecular weight is 363 g/mol. The molecule has 136 valence electrons. The molecule has 0 aliphatic carbocycles. The Hall–Kier alpha value is -3.65. The zero-order chi connectivity index (χ0) is 18.8. The average Bonchev–Trinajstić information content (AvgIpc) is 3.28. The number of imidazole rings is 1. The van der Waals surface area contributed by atoms with E-state index in [1.165, 1.54) is 0 Å². The van der Waals surface area contributed by atoms with Gasteiger partial charge in [0.05, 0.1) is 17.6 Å². The number of carbonyl (C=O) groups is 2. The largest absolute Gasteiger partial charge is 0.394 e. The third kappa shape index (κ3) is 3.38. The number of aromatic nitrogens is 3. The topological polar surface area (TPSA) is 123 Å². The lowest BCUT2D eigenvalue weighted by molar-refractivity contribution is -0.118. The summed E-state index contributed by atoms with van der Waals surface area (Å²) in [5.74, 6) is -0.800. The summed E-state index contributed by atoms with van der Waals surface area (Å²) in [5, 5.41) is 15.5. The third-order valence-corrected chi connectivity index (χ3v) is 4.21. The van der Waals surface area contributed by atoms with Crippen LogP contribution >= 0.6 is 0 Å². The molecule has 4 rings (SSSR count). The number of aliphatic hydroxyl groups is 1. The van der Waals surface area contributed by atoms with Gasteiger partial charge in [-0.15, -0.1) is 0 Å². The maximum absolute atomic E-state index is 12.4. The standard InChI is InChI=1S/C19H17N5O3/c25-10-16(18(27)24-19-22-13-7-3-4-8-14(13)23-19)21-17(26)15-9-11-5-1-2-6-12(11)20-15/h1-9,16,20,25H,10H2,(H,21,26)(H2,22,23,24,27)/t16-/m0/s1. The van der Waals surface area contributed by atoms with Crippen molar-refractivity contribution in [3.05, 3.63) is 60.3 Å². The fourth-order valence-electron chi connectivity index (χ4n) is 2.84. The number of rotatable bonds is 5. The summed E-state index contributed by atoms with van der Waals surface area (Å²) >= 11 is 0. The summed E-state index contributed by atoms with van der Waals surface area (Å²) in [6, 6.07) is 15.4. The number of amides is 2. The van der Waals surface area contributed by atoms with Gasteiger partial charge in [-0.3, -0.25) is 14.9 Å². The maximum atomic E-state index is 12.4. The van der Waals surface area contributed by atoms with Gasteiger partial charge in [0.2, 0.25) is 5.95 Å². The van der Waals surface area contributed by atoms with Crippen molar-refractivity contribution in [1.29, 1.82) is 0 Å². The highest BCUT2D eigenvalue weighted by molar-refractivity contribution is 6.02. The number of nitrogens with one attached hydrogen (secondary N) is 4. The lowest BCUT2D eigenvalue weighted by Gasteiger charge is -2.14. The molecule has 4 aromatic rings. The van der Waals surface area contributed by atoms with Gasteiger partial charge in [-0.2, -0.15) is 0 Å². The molecule has 2 aromatic heterocycles. The van der Waals surface area contributed by atoms with Crippen LogP contribution in [-0.2, 0) is 4.79 Å². The quantitative estimate of drug-likeness (QED) is 0.371. The second-order valence-corrected chi connectivity index (χ2v) is 6.07. The van der Waals surface area contributed by atoms with E-state index in [2.05, 4.69) is 25.6 Å². The van der Waals surface area contributed by atoms with Gasteiger partial charge in [0.1, 0.15) is 11.7 Å². The first-order valence-corrected chi connectivity index (χ1v) is 8.39. The Kier molecular flexibility index (Phi) is 4.31. The van der Waals surface area contributed by atoms with Crippen molar-refractivity contribution >= 4 is 39.7 Å². The Bertz CT molecular complexity index is 1060. The van der Waals surface area contributed by atoms with E-state index in [0.29, 0.717) is 11.2 Å². The fourth-order valence-corrected chi connectivity index (χ4v) is 2.84. The minimum Gasteiger partial charge on any atom is -0.394 e. The summed E-state index contributed by atoms with van der Waals surface area (Å²) in [6.45, 7) is -0.544. The second kappa shape index (κ2) is 6.93. The molecule has 2 amide bonds. The SMILES string of the molecule is O=C(N[C@@H](CO)C(=O)Nc1nc2ccccc2[nH]1)c1cc2ccccc2[nH]1. The summed E-state index contributed by atoms with van der Waals surface area (Å²) < 4.78 is 0. The molecule has 0 bridgehead atoms. The van der Waals surface area contributed by atoms with Crippen LogP contribution in [0.5, 0.6) is 0 Å². The van der Waals surface area contributed by atoms with Gasteiger partial charge in [-0.1, -0.05) is 30.3 Å². The van der Waals surface area contributed by atoms with E-state index >= 15 is 0 Å². The van der Waals surface area contributed by atoms with Gasteiger partial charge in [0.25, 0.3) is 11.8 Å². The summed E-state index contributed by atoms with van der Waals surface area (Å²) in [6.07, 6.45) is 0. The zero-order valence-corrected chi connectivity index (χ0v) is 14.2. The van der Waals surface area contributed by atoms with Crippen molar-refractivity contribution < 1.29 is 14.7 Å². The predicted octanol–water partition coefficient (Wildman–Crippen LogP) is 1.77. The van der Waals surface area contributed by atoms with E-state index in [9.17, 15) is 14.7 Å². The highest BCUT2D eigenvalue weighted by Crippen LogP contribution is 2.15. The molecule has 1 atom stereocenters. The molecule has 0 aliphatic rings. The smallest absolute Gasteiger partial charge is 0.268 e. The van der Waals surface area contributed by atoms with E-state index in [1.807, 2.05) is 48.5 Å². The van der Waals surface area contributed by atoms with Gasteiger partial charge in [-0.05, 0) is 24.3 Å². The number of hydrogen-bond donors (Lipinski definition) is 5. The van der Waals surface area contributed by atoms with E-state index < -0.39 is 24.5 Å². The van der Waals surface area contributed by atoms with Crippen molar-refractivity contribution in [3.8, 4) is 0 Å². The molecular weight excluding hydrogens is 346 g/mol. The Morgan fingerprint density at radius 3 is 2.52 bits per heavy atom. The second-order valence-electron chi connectivity index (χ2n) is 6.07. The third-order valence-electron chi connectivity index (χ3n) is 4.21. The lowest BCUT2D eigenvalue weighted by atomic mass is 10.2. The molecule has 0 spiro atoms. The van der Waals surface area contributed by atoms with Crippen molar-refractivity contribution in [2.75, 3.05) is 11.9 Å². The van der Waals surface area contributed by atoms with Gasteiger partial charge in [-0.25, -0.2) is 4.98 Å². The van der Waals surface area contributed by atoms with E-state index in [1.54, 1.807) is 6.07 Å². The number of fused-ring (bicyclic) bond motifs is 2. The highest BCUT2D eigenvalue weighted by atomic mass is 16.3. The molecule has 8 heteroatoms. The lowest BCUT2D eigenvalue weighted by Crippen LogP contribution is -2.46. The van der Waals surface area contributed by atoms with Crippen LogP contribution < -0.4 is 10.6 Å². The first kappa shape index (κ1) is 16.8. The van der Waals surface area contributed by atoms with Crippen LogP contribution in [0.3, 0.4) is 0 Å². The van der Waals surface area contributed by atoms with E-state index in [0.717, 1.165) is 16.4 Å². The highest BCUT2D eigenvalue weighted by Gasteiger charge is 2.22. The molecule has 8 nitrogen and oxygen atoms in total. The van der Waals surface area contributed by atoms with E-state index in [4.69, 9.17) is 0 Å². The van der Waals surface area contributed by atoms with Crippen LogP contribution in [0, 0.1) is 0 Å². The maximum Gasteiger partial charge on any atom is 0.268 e. The Balaban J connectivity index is 1.47. The van der Waals surface area contributed by atoms with Crippen LogP contribution in [-0.4, -0.2) is 44.5 Å². The number of benzene rings is 2. The minimum absolute atomic E-state index is 0.250. The molecule has 5 N–H and O–H groups in total. The number of para-hydroxylation sites is 3. The summed E-state index contributed by atoms with van der Waals surface area (Å²) in [7, 11) is 0. The van der Waals surface area contributed by atoms with Crippen LogP contribution in [0.25, 0.3) is 21.9 Å². The fraction of sp³-hybridized carbons (Fsp3) is 0.105. The first-order chi connectivity index (χ1) is 13.1. The predicted molar refractivity (Wildman–Crippen MR) is 101 cm³/mol. The summed E-state index contributed by atoms with van der Waals surface area (Å²) in [5.41, 5.74) is 2.60. The number of nitrogens with zero attached hydrogens (tertiary/aromatic N) is 1. The molecule has 0 aliphatic heterocycles. The molecule has 27 heavy (non-hydrogen) atoms. The van der Waals surface area contributed by atoms with Gasteiger partial charge in [0.15, 0.2) is 0 Å². The Morgan fingerprint density at radius 1 is 1.04 bits per heavy atom. The molecule has 2 aromatic carbocycles. The van der Waals surface area contributed by atoms with E-state index in [-0.39, 0.29) is 5.95 Å². The number of anilines is 1. The first-order valence-electron chi connectivity index (χ1n) is 8.39. The molecule has 0 fully saturated rings. The number of carbonyl (C=O) groups excluding carboxylic acids is 2. The molecule has 0 unspecified atom stereocenters. The number of H-pyrrole nitrogens is 2. The van der Waals surface area contributed by atoms with Crippen LogP contribution in [0.2, 0.25) is 0 Å². The molecule has 0 saturated carbocycles. The summed E-state index contributed by atoms with van der Waals surface area (Å²) in [4.78, 5) is 35.0. The van der Waals surface area contributed by atoms with Crippen molar-refractivity contribution in [2.24, 2.45) is 0 Å². The van der Waals surface area contributed by atoms with Crippen LogP contribution in [0.4, 0.5) is 5.95 Å². The number of aliphatic hydroxyl groups excluding tert-OH is 1. The number of hydrogen-bond acceptors (Lipinski definition) is 4. The van der Waals surface area contributed by atoms with Crippen molar-refractivity contribution in [1.82, 2.24) is 20.3 Å². The van der Waals surface area contributed by atoms with Crippen molar-refractivity contribution in [2.45, 2.75) is 6.04 Å². The Morgan fingerprint density at radius 2 is 1.78 bits per heavy atom. The monoisotopic (exact) mass is 363 g/mol. The van der Waals surface area contributed by atoms with Gasteiger partial charge in [0, 0.05) is 10.9 Å². The van der Waals surface area contributed by atoms with Gasteiger partial charge >= 0.3 is 0 Å². The molecule has 2 heterocycles. The normalized spacial score (nSPS) is 12.2. The zero-order valence-electron chi connectivity index (χ0n) is 14.2. The minimum atomic E-state index is -1.11.